The number of carboxylic acid groups (broad SMARTS) is 1. The molecule has 27 heavy (non-hydrogen) atoms. The summed E-state index contributed by atoms with van der Waals surface area (Å²) in [6.45, 7) is 12.2. The van der Waals surface area contributed by atoms with Crippen LogP contribution in [0.2, 0.25) is 0 Å². The van der Waals surface area contributed by atoms with Gasteiger partial charge < -0.3 is 9.63 Å². The first kappa shape index (κ1) is 20.9. The van der Waals surface area contributed by atoms with Crippen molar-refractivity contribution >= 4 is 19.4 Å². The Morgan fingerprint density at radius 2 is 1.85 bits per heavy atom. The lowest BCUT2D eigenvalue weighted by atomic mass is 9.83. The molecule has 1 unspecified atom stereocenters. The van der Waals surface area contributed by atoms with E-state index in [9.17, 15) is 9.90 Å². The van der Waals surface area contributed by atoms with E-state index in [2.05, 4.69) is 39.5 Å². The highest BCUT2D eigenvalue weighted by Gasteiger charge is 2.22. The zero-order valence-corrected chi connectivity index (χ0v) is 17.3. The number of rotatable bonds is 7. The summed E-state index contributed by atoms with van der Waals surface area (Å²) < 4.78 is 6.42. The SMILES string of the molecule is C=C/C(=C\C)P(Oc1ccc(CC(=O)O)c(C(C)(C)C)c1)c1ccccc1. The summed E-state index contributed by atoms with van der Waals surface area (Å²) in [4.78, 5) is 11.2. The van der Waals surface area contributed by atoms with Crippen LogP contribution in [0.5, 0.6) is 5.75 Å². The lowest BCUT2D eigenvalue weighted by Crippen LogP contribution is -2.16. The topological polar surface area (TPSA) is 46.5 Å². The molecular weight excluding hydrogens is 355 g/mol. The van der Waals surface area contributed by atoms with E-state index in [1.54, 1.807) is 0 Å². The van der Waals surface area contributed by atoms with E-state index >= 15 is 0 Å². The summed E-state index contributed by atoms with van der Waals surface area (Å²) in [5.74, 6) is -0.0891. The van der Waals surface area contributed by atoms with Crippen LogP contribution in [0.25, 0.3) is 0 Å². The van der Waals surface area contributed by atoms with Gasteiger partial charge in [0.25, 0.3) is 0 Å². The maximum absolute atomic E-state index is 11.2. The first-order chi connectivity index (χ1) is 12.8. The average molecular weight is 382 g/mol. The van der Waals surface area contributed by atoms with Crippen molar-refractivity contribution in [1.82, 2.24) is 0 Å². The number of hydrogen-bond acceptors (Lipinski definition) is 2. The average Bonchev–Trinajstić information content (AvgIpc) is 2.62. The molecule has 0 aromatic heterocycles. The summed E-state index contributed by atoms with van der Waals surface area (Å²) in [5, 5.41) is 11.4. The third-order valence-corrected chi connectivity index (χ3v) is 6.23. The Labute approximate surface area is 163 Å². The molecule has 0 heterocycles. The van der Waals surface area contributed by atoms with Crippen LogP contribution in [0.1, 0.15) is 38.8 Å². The van der Waals surface area contributed by atoms with Crippen molar-refractivity contribution in [3.63, 3.8) is 0 Å². The zero-order chi connectivity index (χ0) is 20.0. The molecule has 0 aliphatic rings. The van der Waals surface area contributed by atoms with Crippen LogP contribution in [-0.4, -0.2) is 11.1 Å². The molecule has 0 aliphatic heterocycles. The van der Waals surface area contributed by atoms with Gasteiger partial charge in [-0.05, 0) is 35.6 Å². The summed E-state index contributed by atoms with van der Waals surface area (Å²) >= 11 is 0. The van der Waals surface area contributed by atoms with Crippen molar-refractivity contribution in [2.45, 2.75) is 39.5 Å². The number of benzene rings is 2. The van der Waals surface area contributed by atoms with Crippen molar-refractivity contribution in [3.8, 4) is 5.75 Å². The lowest BCUT2D eigenvalue weighted by molar-refractivity contribution is -0.136. The second-order valence-corrected chi connectivity index (χ2v) is 9.08. The smallest absolute Gasteiger partial charge is 0.307 e. The Morgan fingerprint density at radius 3 is 2.37 bits per heavy atom. The molecule has 2 aromatic carbocycles. The van der Waals surface area contributed by atoms with Gasteiger partial charge in [-0.3, -0.25) is 4.79 Å². The normalized spacial score (nSPS) is 13.1. The molecular formula is C23H27O3P. The number of hydrogen-bond donors (Lipinski definition) is 1. The van der Waals surface area contributed by atoms with E-state index in [1.165, 1.54) is 0 Å². The maximum Gasteiger partial charge on any atom is 0.307 e. The van der Waals surface area contributed by atoms with Gasteiger partial charge in [-0.1, -0.05) is 75.9 Å². The molecule has 0 saturated carbocycles. The second kappa shape index (κ2) is 9.01. The van der Waals surface area contributed by atoms with Crippen LogP contribution < -0.4 is 9.83 Å². The van der Waals surface area contributed by atoms with Gasteiger partial charge in [0.1, 0.15) is 13.9 Å². The number of carboxylic acids is 1. The van der Waals surface area contributed by atoms with Crippen LogP contribution in [0.15, 0.2) is 72.6 Å². The molecule has 4 heteroatoms. The van der Waals surface area contributed by atoms with E-state index in [4.69, 9.17) is 4.52 Å². The van der Waals surface area contributed by atoms with Crippen molar-refractivity contribution in [2.24, 2.45) is 0 Å². The largest absolute Gasteiger partial charge is 0.481 e. The van der Waals surface area contributed by atoms with E-state index in [-0.39, 0.29) is 11.8 Å². The zero-order valence-electron chi connectivity index (χ0n) is 16.4. The number of allylic oxidation sites excluding steroid dienone is 3. The third-order valence-electron chi connectivity index (χ3n) is 4.16. The first-order valence-corrected chi connectivity index (χ1v) is 10.2. The Balaban J connectivity index is 2.46. The fraction of sp³-hybridized carbons (Fsp3) is 0.261. The van der Waals surface area contributed by atoms with Gasteiger partial charge >= 0.3 is 5.97 Å². The van der Waals surface area contributed by atoms with Gasteiger partial charge in [0.05, 0.1) is 6.42 Å². The fourth-order valence-electron chi connectivity index (χ4n) is 2.87. The number of aliphatic carboxylic acids is 1. The molecule has 142 valence electrons. The molecule has 1 atom stereocenters. The molecule has 0 aliphatic carbocycles. The lowest BCUT2D eigenvalue weighted by Gasteiger charge is -2.25. The van der Waals surface area contributed by atoms with Crippen molar-refractivity contribution in [3.05, 3.63) is 83.7 Å². The van der Waals surface area contributed by atoms with Crippen LogP contribution in [0, 0.1) is 0 Å². The maximum atomic E-state index is 11.2. The molecule has 0 amide bonds. The summed E-state index contributed by atoms with van der Waals surface area (Å²) in [6, 6.07) is 15.8. The Kier molecular flexibility index (Phi) is 6.98. The highest BCUT2D eigenvalue weighted by molar-refractivity contribution is 7.65. The Bertz CT molecular complexity index is 832. The van der Waals surface area contributed by atoms with E-state index in [0.717, 1.165) is 27.5 Å². The molecule has 0 radical (unpaired) electrons. The number of carbonyl (C=O) groups is 1. The predicted octanol–water partition coefficient (Wildman–Crippen LogP) is 5.80. The fourth-order valence-corrected chi connectivity index (χ4v) is 4.55. The Hall–Kier alpha value is -2.38. The molecule has 3 nitrogen and oxygen atoms in total. The quantitative estimate of drug-likeness (QED) is 0.486. The van der Waals surface area contributed by atoms with Crippen molar-refractivity contribution < 1.29 is 14.4 Å². The minimum atomic E-state index is -1.04. The minimum Gasteiger partial charge on any atom is -0.481 e. The monoisotopic (exact) mass is 382 g/mol. The Morgan fingerprint density at radius 1 is 1.19 bits per heavy atom. The predicted molar refractivity (Wildman–Crippen MR) is 114 cm³/mol. The van der Waals surface area contributed by atoms with Gasteiger partial charge in [-0.25, -0.2) is 0 Å². The molecule has 0 fully saturated rings. The van der Waals surface area contributed by atoms with Gasteiger partial charge in [0, 0.05) is 10.6 Å². The molecule has 0 spiro atoms. The van der Waals surface area contributed by atoms with Crippen LogP contribution in [-0.2, 0) is 16.6 Å². The van der Waals surface area contributed by atoms with Gasteiger partial charge in [-0.15, -0.1) is 0 Å². The van der Waals surface area contributed by atoms with Crippen molar-refractivity contribution in [1.29, 1.82) is 0 Å². The highest BCUT2D eigenvalue weighted by atomic mass is 31.1. The van der Waals surface area contributed by atoms with E-state index < -0.39 is 14.1 Å². The van der Waals surface area contributed by atoms with Gasteiger partial charge in [0.15, 0.2) is 0 Å². The highest BCUT2D eigenvalue weighted by Crippen LogP contribution is 2.46. The molecule has 0 bridgehead atoms. The summed E-state index contributed by atoms with van der Waals surface area (Å²) in [7, 11) is -1.04. The molecule has 1 N–H and O–H groups in total. The van der Waals surface area contributed by atoms with E-state index in [1.807, 2.05) is 55.5 Å². The van der Waals surface area contributed by atoms with Gasteiger partial charge in [-0.2, -0.15) is 0 Å². The minimum absolute atomic E-state index is 0.00704. The van der Waals surface area contributed by atoms with Crippen LogP contribution in [0.3, 0.4) is 0 Å². The third kappa shape index (κ3) is 5.55. The second-order valence-electron chi connectivity index (χ2n) is 7.28. The standard InChI is InChI=1S/C23H27O3P/c1-6-19(7-2)27(20-11-9-8-10-12-20)26-18-14-13-17(15-22(24)25)21(16-18)23(3,4)5/h6-14,16H,1,15H2,2-5H3,(H,24,25)/b19-7+. The summed E-state index contributed by atoms with van der Waals surface area (Å²) in [5.41, 5.74) is 1.63. The molecule has 2 aromatic rings. The molecule has 0 saturated heterocycles. The van der Waals surface area contributed by atoms with Crippen LogP contribution in [0.4, 0.5) is 0 Å². The van der Waals surface area contributed by atoms with Crippen molar-refractivity contribution in [2.75, 3.05) is 0 Å². The van der Waals surface area contributed by atoms with E-state index in [0.29, 0.717) is 0 Å². The van der Waals surface area contributed by atoms with Crippen LogP contribution >= 0.6 is 8.15 Å². The first-order valence-electron chi connectivity index (χ1n) is 8.93. The van der Waals surface area contributed by atoms with Gasteiger partial charge in [0.2, 0.25) is 0 Å². The summed E-state index contributed by atoms with van der Waals surface area (Å²) in [6.07, 6.45) is 3.87. The molecule has 2 rings (SSSR count).